The molecule has 1 heterocycles. The number of nitrogens with two attached hydrogens (primary N) is 1. The number of alkyl halides is 1. The van der Waals surface area contributed by atoms with Gasteiger partial charge < -0.3 is 15.7 Å². The van der Waals surface area contributed by atoms with Crippen LogP contribution in [0.4, 0.5) is 11.4 Å². The van der Waals surface area contributed by atoms with Crippen molar-refractivity contribution in [3.8, 4) is 5.75 Å². The quantitative estimate of drug-likeness (QED) is 0.259. The van der Waals surface area contributed by atoms with E-state index in [2.05, 4.69) is 12.1 Å². The van der Waals surface area contributed by atoms with Crippen molar-refractivity contribution in [1.82, 2.24) is 0 Å². The molecule has 0 saturated heterocycles. The lowest BCUT2D eigenvalue weighted by atomic mass is 9.92. The van der Waals surface area contributed by atoms with E-state index in [4.69, 9.17) is 17.3 Å². The molecule has 0 spiro atoms. The summed E-state index contributed by atoms with van der Waals surface area (Å²) in [5.41, 5.74) is 14.7. The van der Waals surface area contributed by atoms with Gasteiger partial charge in [-0.25, -0.2) is 0 Å². The maximum absolute atomic E-state index is 13.8. The molecule has 0 saturated carbocycles. The van der Waals surface area contributed by atoms with Gasteiger partial charge in [-0.1, -0.05) is 42.5 Å². The fourth-order valence-electron chi connectivity index (χ4n) is 5.56. The minimum Gasteiger partial charge on any atom is -0.507 e. The Morgan fingerprint density at radius 3 is 2.74 bits per heavy atom. The van der Waals surface area contributed by atoms with Crippen molar-refractivity contribution in [2.75, 3.05) is 23.1 Å². The van der Waals surface area contributed by atoms with Gasteiger partial charge in [-0.15, -0.1) is 11.6 Å². The summed E-state index contributed by atoms with van der Waals surface area (Å²) in [5.74, 6) is 0.504. The smallest absolute Gasteiger partial charge is 0.258 e. The van der Waals surface area contributed by atoms with Gasteiger partial charge in [0.2, 0.25) is 0 Å². The van der Waals surface area contributed by atoms with E-state index in [0.29, 0.717) is 18.0 Å². The number of halogens is 1. The van der Waals surface area contributed by atoms with Gasteiger partial charge in [0.05, 0.1) is 5.69 Å². The Morgan fingerprint density at radius 2 is 1.94 bits per heavy atom. The molecule has 6 rings (SSSR count). The molecule has 0 bridgehead atoms. The van der Waals surface area contributed by atoms with Gasteiger partial charge in [-0.3, -0.25) is 4.79 Å². The van der Waals surface area contributed by atoms with Crippen LogP contribution in [0.5, 0.6) is 5.75 Å². The first-order chi connectivity index (χ1) is 16.9. The first-order valence-corrected chi connectivity index (χ1v) is 12.3. The number of nitrogens with zero attached hydrogens (tertiary/aromatic N) is 1. The highest BCUT2D eigenvalue weighted by atomic mass is 35.5. The fourth-order valence-corrected chi connectivity index (χ4v) is 5.82. The molecule has 1 aliphatic heterocycles. The fraction of sp³-hybridized carbons (Fsp3) is 0.167. The molecule has 0 unspecified atom stereocenters. The number of aryl methyl sites for hydroxylation is 1. The number of aromatic hydroxyl groups is 1. The van der Waals surface area contributed by atoms with E-state index >= 15 is 0 Å². The van der Waals surface area contributed by atoms with Crippen LogP contribution >= 0.6 is 11.6 Å². The first kappa shape index (κ1) is 21.8. The average molecular weight is 481 g/mol. The Labute approximate surface area is 209 Å². The summed E-state index contributed by atoms with van der Waals surface area (Å²) in [7, 11) is 0. The third-order valence-corrected chi connectivity index (χ3v) is 7.63. The maximum atomic E-state index is 13.8. The lowest BCUT2D eigenvalue weighted by molar-refractivity contribution is 0.0988. The molecule has 4 aromatic rings. The van der Waals surface area contributed by atoms with Gasteiger partial charge >= 0.3 is 0 Å². The molecule has 1 amide bonds. The van der Waals surface area contributed by atoms with Gasteiger partial charge in [0.15, 0.2) is 0 Å². The zero-order chi connectivity index (χ0) is 24.3. The van der Waals surface area contributed by atoms with Crippen molar-refractivity contribution >= 4 is 51.3 Å². The number of phenolic OH excluding ortho intramolecular Hbond substituents is 1. The summed E-state index contributed by atoms with van der Waals surface area (Å²) in [6, 6.07) is 21.4. The number of rotatable bonds is 3. The number of carbonyl (C=O) groups is 1. The van der Waals surface area contributed by atoms with E-state index in [9.17, 15) is 9.90 Å². The minimum atomic E-state index is -0.0835. The van der Waals surface area contributed by atoms with Crippen LogP contribution < -0.4 is 10.6 Å². The minimum absolute atomic E-state index is 0.00396. The molecular weight excluding hydrogens is 456 g/mol. The highest BCUT2D eigenvalue weighted by Gasteiger charge is 2.35. The zero-order valence-corrected chi connectivity index (χ0v) is 20.1. The van der Waals surface area contributed by atoms with Crippen LogP contribution in [0.1, 0.15) is 44.1 Å². The van der Waals surface area contributed by atoms with E-state index in [0.717, 1.165) is 50.8 Å². The molecule has 0 radical (unpaired) electrons. The number of phenols is 1. The lowest BCUT2D eigenvalue weighted by Gasteiger charge is -2.19. The van der Waals surface area contributed by atoms with Gasteiger partial charge in [0.1, 0.15) is 5.75 Å². The number of amides is 1. The Balaban J connectivity index is 1.40. The number of carbonyl (C=O) groups excluding carboxylic acids is 1. The summed E-state index contributed by atoms with van der Waals surface area (Å²) >= 11 is 6.39. The predicted molar refractivity (Wildman–Crippen MR) is 144 cm³/mol. The molecule has 3 N–H and O–H groups in total. The molecule has 174 valence electrons. The molecule has 4 aromatic carbocycles. The Morgan fingerprint density at radius 1 is 1.11 bits per heavy atom. The summed E-state index contributed by atoms with van der Waals surface area (Å²) < 4.78 is 0. The van der Waals surface area contributed by atoms with E-state index < -0.39 is 0 Å². The van der Waals surface area contributed by atoms with Crippen molar-refractivity contribution in [3.63, 3.8) is 0 Å². The van der Waals surface area contributed by atoms with Crippen LogP contribution in [-0.2, 0) is 6.42 Å². The Kier molecular flexibility index (Phi) is 5.08. The maximum Gasteiger partial charge on any atom is 0.258 e. The SMILES string of the molecule is Cc1cccc2c(O)cc3c(c12)[C@H](CCl)CN3C(=O)c1ccc2c(c1)C=C(c1cccc(N)c1)C2. The monoisotopic (exact) mass is 480 g/mol. The van der Waals surface area contributed by atoms with Crippen LogP contribution in [-0.4, -0.2) is 23.4 Å². The average Bonchev–Trinajstić information content (AvgIpc) is 3.45. The number of hydrogen-bond acceptors (Lipinski definition) is 3. The van der Waals surface area contributed by atoms with Gasteiger partial charge in [-0.05, 0) is 76.4 Å². The number of benzene rings is 4. The van der Waals surface area contributed by atoms with Crippen LogP contribution in [0.25, 0.3) is 22.4 Å². The second-order valence-electron chi connectivity index (χ2n) is 9.48. The second kappa shape index (κ2) is 8.17. The number of nitrogen functional groups attached to an aromatic ring is 1. The molecule has 2 aliphatic rings. The topological polar surface area (TPSA) is 66.6 Å². The predicted octanol–water partition coefficient (Wildman–Crippen LogP) is 6.52. The van der Waals surface area contributed by atoms with Gasteiger partial charge in [0, 0.05) is 41.0 Å². The Bertz CT molecular complexity index is 1560. The van der Waals surface area contributed by atoms with E-state index in [1.54, 1.807) is 11.0 Å². The molecule has 0 fully saturated rings. The van der Waals surface area contributed by atoms with E-state index in [-0.39, 0.29) is 17.6 Å². The first-order valence-electron chi connectivity index (χ1n) is 11.8. The standard InChI is InChI=1S/C30H25ClN2O2/c1-17-4-2-7-25-27(34)14-26-29(28(17)25)23(15-31)16-33(26)30(35)20-9-8-19-10-21(12-22(19)11-20)18-5-3-6-24(32)13-18/h2-9,11-14,23,34H,10,15-16,32H2,1H3/t23-/m1/s1. The third-order valence-electron chi connectivity index (χ3n) is 7.26. The molecular formula is C30H25ClN2O2. The van der Waals surface area contributed by atoms with Gasteiger partial charge in [0.25, 0.3) is 5.91 Å². The summed E-state index contributed by atoms with van der Waals surface area (Å²) in [4.78, 5) is 15.5. The normalized spacial score (nSPS) is 16.3. The van der Waals surface area contributed by atoms with Crippen LogP contribution in [0.2, 0.25) is 0 Å². The van der Waals surface area contributed by atoms with Crippen LogP contribution in [0, 0.1) is 6.92 Å². The zero-order valence-electron chi connectivity index (χ0n) is 19.4. The highest BCUT2D eigenvalue weighted by Crippen LogP contribution is 2.46. The molecule has 4 nitrogen and oxygen atoms in total. The highest BCUT2D eigenvalue weighted by molar-refractivity contribution is 6.19. The molecule has 5 heteroatoms. The second-order valence-corrected chi connectivity index (χ2v) is 9.79. The van der Waals surface area contributed by atoms with Crippen molar-refractivity contribution in [3.05, 3.63) is 100 Å². The molecule has 1 aliphatic carbocycles. The van der Waals surface area contributed by atoms with E-state index in [1.807, 2.05) is 61.5 Å². The van der Waals surface area contributed by atoms with Crippen LogP contribution in [0.3, 0.4) is 0 Å². The van der Waals surface area contributed by atoms with Crippen molar-refractivity contribution < 1.29 is 9.90 Å². The van der Waals surface area contributed by atoms with Crippen molar-refractivity contribution in [2.45, 2.75) is 19.3 Å². The summed E-state index contributed by atoms with van der Waals surface area (Å²) in [6.07, 6.45) is 2.95. The molecule has 0 aromatic heterocycles. The largest absolute Gasteiger partial charge is 0.507 e. The Hall–Kier alpha value is -3.76. The van der Waals surface area contributed by atoms with E-state index in [1.165, 1.54) is 11.1 Å². The summed E-state index contributed by atoms with van der Waals surface area (Å²) in [5, 5.41) is 12.6. The van der Waals surface area contributed by atoms with Crippen molar-refractivity contribution in [1.29, 1.82) is 0 Å². The lowest BCUT2D eigenvalue weighted by Crippen LogP contribution is -2.30. The number of hydrogen-bond donors (Lipinski definition) is 2. The molecule has 35 heavy (non-hydrogen) atoms. The molecule has 1 atom stereocenters. The third kappa shape index (κ3) is 3.48. The van der Waals surface area contributed by atoms with Crippen molar-refractivity contribution in [2.24, 2.45) is 0 Å². The van der Waals surface area contributed by atoms with Crippen LogP contribution in [0.15, 0.2) is 66.7 Å². The number of anilines is 2. The number of fused-ring (bicyclic) bond motifs is 4. The number of allylic oxidation sites excluding steroid dienone is 1. The summed E-state index contributed by atoms with van der Waals surface area (Å²) in [6.45, 7) is 2.52. The van der Waals surface area contributed by atoms with Gasteiger partial charge in [-0.2, -0.15) is 0 Å².